The quantitative estimate of drug-likeness (QED) is 0.814. The topological polar surface area (TPSA) is 55.9 Å². The van der Waals surface area contributed by atoms with Crippen molar-refractivity contribution in [3.8, 4) is 0 Å². The Bertz CT molecular complexity index is 559. The van der Waals surface area contributed by atoms with Gasteiger partial charge in [0.25, 0.3) is 0 Å². The highest BCUT2D eigenvalue weighted by Crippen LogP contribution is 2.24. The lowest BCUT2D eigenvalue weighted by Gasteiger charge is -2.12. The minimum Gasteiger partial charge on any atom is -0.389 e. The van der Waals surface area contributed by atoms with Gasteiger partial charge in [-0.3, -0.25) is 4.68 Å². The number of aromatic nitrogens is 2. The molecule has 1 aromatic carbocycles. The number of anilines is 2. The molecule has 0 saturated heterocycles. The number of hydrogen-bond donors (Lipinski definition) is 2. The standard InChI is InChI=1S/C12H14N4S/c1-8-4-3-5-10(12(13)17)11(8)15-9-6-14-16(2)7-9/h3-7,15H,1-2H3,(H2,13,17). The maximum atomic E-state index is 5.71. The molecule has 0 unspecified atom stereocenters. The van der Waals surface area contributed by atoms with Gasteiger partial charge >= 0.3 is 0 Å². The normalized spacial score (nSPS) is 10.2. The molecule has 17 heavy (non-hydrogen) atoms. The number of aryl methyl sites for hydroxylation is 2. The third-order valence-electron chi connectivity index (χ3n) is 2.51. The monoisotopic (exact) mass is 246 g/mol. The second kappa shape index (κ2) is 4.55. The fraction of sp³-hybridized carbons (Fsp3) is 0.167. The molecule has 88 valence electrons. The molecule has 3 N–H and O–H groups in total. The molecule has 0 aliphatic rings. The van der Waals surface area contributed by atoms with Crippen LogP contribution in [0.3, 0.4) is 0 Å². The Balaban J connectivity index is 2.40. The minimum absolute atomic E-state index is 0.389. The highest BCUT2D eigenvalue weighted by atomic mass is 32.1. The Kier molecular flexibility index (Phi) is 3.10. The second-order valence-electron chi connectivity index (χ2n) is 3.89. The van der Waals surface area contributed by atoms with E-state index in [1.54, 1.807) is 10.9 Å². The molecule has 0 atom stereocenters. The summed E-state index contributed by atoms with van der Waals surface area (Å²) in [4.78, 5) is 0.389. The van der Waals surface area contributed by atoms with E-state index < -0.39 is 0 Å². The Morgan fingerprint density at radius 1 is 1.47 bits per heavy atom. The molecule has 2 aromatic rings. The number of benzene rings is 1. The molecule has 0 spiro atoms. The van der Waals surface area contributed by atoms with E-state index in [9.17, 15) is 0 Å². The molecule has 0 fully saturated rings. The van der Waals surface area contributed by atoms with Crippen molar-refractivity contribution in [1.82, 2.24) is 9.78 Å². The summed E-state index contributed by atoms with van der Waals surface area (Å²) in [7, 11) is 1.87. The summed E-state index contributed by atoms with van der Waals surface area (Å²) in [5.74, 6) is 0. The molecule has 1 aromatic heterocycles. The first-order valence-electron chi connectivity index (χ1n) is 5.23. The van der Waals surface area contributed by atoms with Crippen molar-refractivity contribution in [3.63, 3.8) is 0 Å². The van der Waals surface area contributed by atoms with Crippen LogP contribution in [0.25, 0.3) is 0 Å². The number of nitrogens with two attached hydrogens (primary N) is 1. The van der Waals surface area contributed by atoms with Crippen LogP contribution in [0.15, 0.2) is 30.6 Å². The second-order valence-corrected chi connectivity index (χ2v) is 4.33. The Labute approximate surface area is 105 Å². The number of nitrogens with one attached hydrogen (secondary N) is 1. The fourth-order valence-corrected chi connectivity index (χ4v) is 1.84. The van der Waals surface area contributed by atoms with Gasteiger partial charge in [0.15, 0.2) is 0 Å². The molecule has 5 heteroatoms. The fourth-order valence-electron chi connectivity index (χ4n) is 1.67. The van der Waals surface area contributed by atoms with E-state index >= 15 is 0 Å². The predicted molar refractivity (Wildman–Crippen MR) is 73.6 cm³/mol. The summed E-state index contributed by atoms with van der Waals surface area (Å²) in [6.45, 7) is 2.01. The van der Waals surface area contributed by atoms with Gasteiger partial charge in [-0.1, -0.05) is 24.4 Å². The molecule has 0 aliphatic carbocycles. The van der Waals surface area contributed by atoms with Crippen LogP contribution in [-0.4, -0.2) is 14.8 Å². The van der Waals surface area contributed by atoms with Crippen LogP contribution in [0, 0.1) is 6.92 Å². The summed E-state index contributed by atoms with van der Waals surface area (Å²) >= 11 is 5.05. The van der Waals surface area contributed by atoms with Crippen molar-refractivity contribution < 1.29 is 0 Å². The van der Waals surface area contributed by atoms with Gasteiger partial charge in [-0.25, -0.2) is 0 Å². The lowest BCUT2D eigenvalue weighted by molar-refractivity contribution is 0.768. The van der Waals surface area contributed by atoms with E-state index in [1.165, 1.54) is 0 Å². The summed E-state index contributed by atoms with van der Waals surface area (Å²) in [6.07, 6.45) is 3.66. The van der Waals surface area contributed by atoms with E-state index in [2.05, 4.69) is 10.4 Å². The van der Waals surface area contributed by atoms with Crippen molar-refractivity contribution in [2.45, 2.75) is 6.92 Å². The number of thiocarbonyl (C=S) groups is 1. The third-order valence-corrected chi connectivity index (χ3v) is 2.73. The molecule has 0 radical (unpaired) electrons. The maximum Gasteiger partial charge on any atom is 0.106 e. The third kappa shape index (κ3) is 2.45. The van der Waals surface area contributed by atoms with Crippen molar-refractivity contribution in [2.75, 3.05) is 5.32 Å². The predicted octanol–water partition coefficient (Wildman–Crippen LogP) is 2.11. The smallest absolute Gasteiger partial charge is 0.106 e. The molecule has 4 nitrogen and oxygen atoms in total. The number of hydrogen-bond acceptors (Lipinski definition) is 3. The largest absolute Gasteiger partial charge is 0.389 e. The first-order valence-corrected chi connectivity index (χ1v) is 5.64. The average molecular weight is 246 g/mol. The van der Waals surface area contributed by atoms with Crippen molar-refractivity contribution in [2.24, 2.45) is 12.8 Å². The average Bonchev–Trinajstić information content (AvgIpc) is 2.67. The van der Waals surface area contributed by atoms with Gasteiger partial charge in [0.2, 0.25) is 0 Å². The van der Waals surface area contributed by atoms with Crippen LogP contribution in [-0.2, 0) is 7.05 Å². The van der Waals surface area contributed by atoms with Gasteiger partial charge in [-0.2, -0.15) is 5.10 Å². The van der Waals surface area contributed by atoms with Crippen LogP contribution < -0.4 is 11.1 Å². The number of nitrogens with zero attached hydrogens (tertiary/aromatic N) is 2. The zero-order chi connectivity index (χ0) is 12.4. The van der Waals surface area contributed by atoms with Gasteiger partial charge in [-0.05, 0) is 18.6 Å². The van der Waals surface area contributed by atoms with Crippen molar-refractivity contribution >= 4 is 28.6 Å². The highest BCUT2D eigenvalue weighted by Gasteiger charge is 2.08. The van der Waals surface area contributed by atoms with Gasteiger partial charge in [0.1, 0.15) is 4.99 Å². The van der Waals surface area contributed by atoms with Gasteiger partial charge in [0.05, 0.1) is 17.6 Å². The lowest BCUT2D eigenvalue weighted by atomic mass is 10.1. The summed E-state index contributed by atoms with van der Waals surface area (Å²) < 4.78 is 1.74. The van der Waals surface area contributed by atoms with E-state index in [-0.39, 0.29) is 0 Å². The van der Waals surface area contributed by atoms with Crippen LogP contribution in [0.4, 0.5) is 11.4 Å². The Morgan fingerprint density at radius 2 is 2.24 bits per heavy atom. The van der Waals surface area contributed by atoms with Crippen molar-refractivity contribution in [3.05, 3.63) is 41.7 Å². The Hall–Kier alpha value is -1.88. The minimum atomic E-state index is 0.389. The number of rotatable bonds is 3. The van der Waals surface area contributed by atoms with Crippen LogP contribution in [0.2, 0.25) is 0 Å². The Morgan fingerprint density at radius 3 is 2.82 bits per heavy atom. The van der Waals surface area contributed by atoms with Crippen molar-refractivity contribution in [1.29, 1.82) is 0 Å². The van der Waals surface area contributed by atoms with Crippen LogP contribution in [0.5, 0.6) is 0 Å². The summed E-state index contributed by atoms with van der Waals surface area (Å²) in [5, 5.41) is 7.40. The molecule has 1 heterocycles. The van der Waals surface area contributed by atoms with Crippen LogP contribution in [0.1, 0.15) is 11.1 Å². The molecule has 0 bridgehead atoms. The molecular formula is C12H14N4S. The summed E-state index contributed by atoms with van der Waals surface area (Å²) in [6, 6.07) is 5.87. The molecular weight excluding hydrogens is 232 g/mol. The van der Waals surface area contributed by atoms with E-state index in [4.69, 9.17) is 18.0 Å². The maximum absolute atomic E-state index is 5.71. The van der Waals surface area contributed by atoms with E-state index in [0.29, 0.717) is 4.99 Å². The van der Waals surface area contributed by atoms with Crippen LogP contribution >= 0.6 is 12.2 Å². The summed E-state index contributed by atoms with van der Waals surface area (Å²) in [5.41, 5.74) is 9.51. The van der Waals surface area contributed by atoms with Gasteiger partial charge in [-0.15, -0.1) is 0 Å². The van der Waals surface area contributed by atoms with Gasteiger partial charge < -0.3 is 11.1 Å². The first kappa shape index (κ1) is 11.6. The van der Waals surface area contributed by atoms with E-state index in [1.807, 2.05) is 38.4 Å². The molecule has 0 amide bonds. The highest BCUT2D eigenvalue weighted by molar-refractivity contribution is 7.80. The molecule has 2 rings (SSSR count). The first-order chi connectivity index (χ1) is 8.08. The lowest BCUT2D eigenvalue weighted by Crippen LogP contribution is -2.12. The van der Waals surface area contributed by atoms with Gasteiger partial charge in [0, 0.05) is 18.8 Å². The SMILES string of the molecule is Cc1cccc(C(N)=S)c1Nc1cnn(C)c1. The zero-order valence-electron chi connectivity index (χ0n) is 9.77. The number of para-hydroxylation sites is 1. The zero-order valence-corrected chi connectivity index (χ0v) is 10.6. The van der Waals surface area contributed by atoms with E-state index in [0.717, 1.165) is 22.5 Å². The molecule has 0 saturated carbocycles. The molecule has 0 aliphatic heterocycles.